The molecule has 0 aliphatic rings. The molecule has 0 saturated carbocycles. The van der Waals surface area contributed by atoms with E-state index in [9.17, 15) is 9.50 Å². The highest BCUT2D eigenvalue weighted by atomic mass is 19.1. The summed E-state index contributed by atoms with van der Waals surface area (Å²) >= 11 is 0. The van der Waals surface area contributed by atoms with Gasteiger partial charge in [0.2, 0.25) is 0 Å². The first-order valence-electron chi connectivity index (χ1n) is 6.44. The Bertz CT molecular complexity index is 588. The number of halogens is 1. The first-order valence-corrected chi connectivity index (χ1v) is 6.44. The second-order valence-electron chi connectivity index (χ2n) is 5.36. The summed E-state index contributed by atoms with van der Waals surface area (Å²) < 4.78 is 13.7. The molecule has 0 aromatic heterocycles. The quantitative estimate of drug-likeness (QED) is 0.885. The average Bonchev–Trinajstić information content (AvgIpc) is 2.31. The molecule has 0 aliphatic heterocycles. The van der Waals surface area contributed by atoms with Crippen LogP contribution in [0, 0.1) is 19.7 Å². The van der Waals surface area contributed by atoms with Gasteiger partial charge in [0.15, 0.2) is 0 Å². The summed E-state index contributed by atoms with van der Waals surface area (Å²) in [7, 11) is 0. The number of hydrogen-bond acceptors (Lipinski definition) is 1. The van der Waals surface area contributed by atoms with E-state index in [2.05, 4.69) is 0 Å². The zero-order valence-electron chi connectivity index (χ0n) is 11.6. The maximum atomic E-state index is 13.7. The monoisotopic (exact) mass is 258 g/mol. The van der Waals surface area contributed by atoms with Crippen molar-refractivity contribution in [3.8, 4) is 0 Å². The fourth-order valence-corrected chi connectivity index (χ4v) is 2.53. The number of aryl methyl sites for hydroxylation is 2. The first kappa shape index (κ1) is 13.8. The lowest BCUT2D eigenvalue weighted by atomic mass is 9.86. The molecule has 2 aromatic rings. The van der Waals surface area contributed by atoms with Crippen LogP contribution in [0.15, 0.2) is 42.5 Å². The molecule has 0 amide bonds. The number of rotatable bonds is 3. The van der Waals surface area contributed by atoms with E-state index in [1.54, 1.807) is 25.1 Å². The predicted molar refractivity (Wildman–Crippen MR) is 75.6 cm³/mol. The van der Waals surface area contributed by atoms with Crippen molar-refractivity contribution in [3.63, 3.8) is 0 Å². The molecule has 1 nitrogen and oxygen atoms in total. The van der Waals surface area contributed by atoms with Gasteiger partial charge in [0, 0.05) is 6.42 Å². The van der Waals surface area contributed by atoms with E-state index in [1.807, 2.05) is 32.0 Å². The van der Waals surface area contributed by atoms with Gasteiger partial charge in [0.05, 0.1) is 5.60 Å². The molecular weight excluding hydrogens is 239 g/mol. The first-order chi connectivity index (χ1) is 8.90. The van der Waals surface area contributed by atoms with Gasteiger partial charge >= 0.3 is 0 Å². The van der Waals surface area contributed by atoms with E-state index < -0.39 is 5.60 Å². The molecule has 19 heavy (non-hydrogen) atoms. The zero-order valence-corrected chi connectivity index (χ0v) is 11.6. The van der Waals surface area contributed by atoms with Gasteiger partial charge in [0.25, 0.3) is 0 Å². The second kappa shape index (κ2) is 5.14. The molecule has 0 spiro atoms. The van der Waals surface area contributed by atoms with Crippen molar-refractivity contribution in [2.75, 3.05) is 0 Å². The fraction of sp³-hybridized carbons (Fsp3) is 0.294. The van der Waals surface area contributed by atoms with Gasteiger partial charge in [-0.25, -0.2) is 4.39 Å². The highest BCUT2D eigenvalue weighted by Gasteiger charge is 2.26. The van der Waals surface area contributed by atoms with Crippen LogP contribution >= 0.6 is 0 Å². The fourth-order valence-electron chi connectivity index (χ4n) is 2.53. The van der Waals surface area contributed by atoms with Crippen LogP contribution in [0.1, 0.15) is 29.2 Å². The third-order valence-electron chi connectivity index (χ3n) is 3.45. The smallest absolute Gasteiger partial charge is 0.126 e. The Morgan fingerprint density at radius 2 is 1.79 bits per heavy atom. The highest BCUT2D eigenvalue weighted by Crippen LogP contribution is 2.29. The van der Waals surface area contributed by atoms with Gasteiger partial charge in [-0.3, -0.25) is 0 Å². The van der Waals surface area contributed by atoms with Gasteiger partial charge in [-0.2, -0.15) is 0 Å². The van der Waals surface area contributed by atoms with Gasteiger partial charge < -0.3 is 5.11 Å². The molecule has 2 aromatic carbocycles. The lowest BCUT2D eigenvalue weighted by Gasteiger charge is -2.26. The number of aliphatic hydroxyl groups is 1. The molecular formula is C17H19FO. The summed E-state index contributed by atoms with van der Waals surface area (Å²) in [4.78, 5) is 0. The van der Waals surface area contributed by atoms with Crippen molar-refractivity contribution in [2.45, 2.75) is 32.8 Å². The predicted octanol–water partition coefficient (Wildman–Crippen LogP) is 3.89. The van der Waals surface area contributed by atoms with Crippen LogP contribution < -0.4 is 0 Å². The van der Waals surface area contributed by atoms with Crippen molar-refractivity contribution in [2.24, 2.45) is 0 Å². The molecule has 0 saturated heterocycles. The molecule has 2 heteroatoms. The molecule has 0 aliphatic carbocycles. The Morgan fingerprint density at radius 1 is 1.11 bits per heavy atom. The van der Waals surface area contributed by atoms with E-state index in [4.69, 9.17) is 0 Å². The normalized spacial score (nSPS) is 14.2. The lowest BCUT2D eigenvalue weighted by Crippen LogP contribution is -2.26. The van der Waals surface area contributed by atoms with Crippen molar-refractivity contribution in [1.82, 2.24) is 0 Å². The Balaban J connectivity index is 2.35. The van der Waals surface area contributed by atoms with Crippen molar-refractivity contribution in [3.05, 3.63) is 70.5 Å². The van der Waals surface area contributed by atoms with E-state index in [1.165, 1.54) is 6.07 Å². The van der Waals surface area contributed by atoms with E-state index >= 15 is 0 Å². The Labute approximate surface area is 113 Å². The summed E-state index contributed by atoms with van der Waals surface area (Å²) in [6.45, 7) is 5.72. The molecule has 0 bridgehead atoms. The van der Waals surface area contributed by atoms with Crippen LogP contribution in [0.5, 0.6) is 0 Å². The third-order valence-corrected chi connectivity index (χ3v) is 3.45. The molecule has 2 rings (SSSR count). The van der Waals surface area contributed by atoms with E-state index in [-0.39, 0.29) is 12.2 Å². The second-order valence-corrected chi connectivity index (χ2v) is 5.36. The largest absolute Gasteiger partial charge is 0.385 e. The SMILES string of the molecule is Cc1ccc(C(C)(O)Cc2ccccc2F)c(C)c1. The molecule has 0 radical (unpaired) electrons. The zero-order chi connectivity index (χ0) is 14.0. The maximum absolute atomic E-state index is 13.7. The van der Waals surface area contributed by atoms with Crippen LogP contribution in [-0.4, -0.2) is 5.11 Å². The minimum Gasteiger partial charge on any atom is -0.385 e. The number of benzene rings is 2. The molecule has 1 atom stereocenters. The molecule has 1 unspecified atom stereocenters. The van der Waals surface area contributed by atoms with Crippen molar-refractivity contribution < 1.29 is 9.50 Å². The lowest BCUT2D eigenvalue weighted by molar-refractivity contribution is 0.0560. The van der Waals surface area contributed by atoms with Crippen molar-refractivity contribution in [1.29, 1.82) is 0 Å². The highest BCUT2D eigenvalue weighted by molar-refractivity contribution is 5.36. The molecule has 100 valence electrons. The molecule has 1 N–H and O–H groups in total. The van der Waals surface area contributed by atoms with Gasteiger partial charge in [-0.05, 0) is 43.5 Å². The number of hydrogen-bond donors (Lipinski definition) is 1. The van der Waals surface area contributed by atoms with Crippen LogP contribution in [0.4, 0.5) is 4.39 Å². The summed E-state index contributed by atoms with van der Waals surface area (Å²) in [5.41, 5.74) is 2.50. The summed E-state index contributed by atoms with van der Waals surface area (Å²) in [6, 6.07) is 12.5. The van der Waals surface area contributed by atoms with Crippen LogP contribution in [0.3, 0.4) is 0 Å². The summed E-state index contributed by atoms with van der Waals surface area (Å²) in [6.07, 6.45) is 0.267. The Morgan fingerprint density at radius 3 is 2.42 bits per heavy atom. The average molecular weight is 258 g/mol. The van der Waals surface area contributed by atoms with Gasteiger partial charge in [-0.15, -0.1) is 0 Å². The standard InChI is InChI=1S/C17H19FO/c1-12-8-9-15(13(2)10-12)17(3,19)11-14-6-4-5-7-16(14)18/h4-10,19H,11H2,1-3H3. The Kier molecular flexibility index (Phi) is 3.72. The molecule has 0 heterocycles. The van der Waals surface area contributed by atoms with Crippen LogP contribution in [0.25, 0.3) is 0 Å². The summed E-state index contributed by atoms with van der Waals surface area (Å²) in [5.74, 6) is -0.271. The van der Waals surface area contributed by atoms with Crippen LogP contribution in [-0.2, 0) is 12.0 Å². The topological polar surface area (TPSA) is 20.2 Å². The molecule has 0 fully saturated rings. The van der Waals surface area contributed by atoms with Crippen LogP contribution in [0.2, 0.25) is 0 Å². The maximum Gasteiger partial charge on any atom is 0.126 e. The minimum absolute atomic E-state index is 0.267. The summed E-state index contributed by atoms with van der Waals surface area (Å²) in [5, 5.41) is 10.7. The third kappa shape index (κ3) is 3.02. The van der Waals surface area contributed by atoms with Gasteiger partial charge in [0.1, 0.15) is 5.82 Å². The van der Waals surface area contributed by atoms with Crippen molar-refractivity contribution >= 4 is 0 Å². The Hall–Kier alpha value is -1.67. The van der Waals surface area contributed by atoms with E-state index in [0.717, 1.165) is 16.7 Å². The van der Waals surface area contributed by atoms with Gasteiger partial charge in [-0.1, -0.05) is 42.0 Å². The minimum atomic E-state index is -1.07. The van der Waals surface area contributed by atoms with E-state index in [0.29, 0.717) is 5.56 Å².